The minimum Gasteiger partial charge on any atom is -0.510 e. The number of phenols is 1. The van der Waals surface area contributed by atoms with Crippen LogP contribution in [0.1, 0.15) is 28.1 Å². The molecule has 1 aromatic heterocycles. The Balaban J connectivity index is 1.57. The zero-order chi connectivity index (χ0) is 31.5. The molecule has 5 rings (SSSR count). The molecule has 0 radical (unpaired) electrons. The molecule has 0 spiro atoms. The molecule has 0 bridgehead atoms. The third-order valence-corrected chi connectivity index (χ3v) is 8.89. The first-order chi connectivity index (χ1) is 20.2. The van der Waals surface area contributed by atoms with Crippen LogP contribution in [-0.4, -0.2) is 113 Å². The second kappa shape index (κ2) is 10.9. The van der Waals surface area contributed by atoms with E-state index in [2.05, 4.69) is 9.80 Å². The first-order valence-corrected chi connectivity index (χ1v) is 14.1. The van der Waals surface area contributed by atoms with Crippen LogP contribution in [0.4, 0.5) is 0 Å². The van der Waals surface area contributed by atoms with Crippen molar-refractivity contribution in [3.05, 3.63) is 63.8 Å². The Morgan fingerprint density at radius 2 is 1.74 bits per heavy atom. The lowest BCUT2D eigenvalue weighted by Crippen LogP contribution is -2.63. The number of nitrogens with zero attached hydrogens (tertiary/aromatic N) is 3. The Morgan fingerprint density at radius 1 is 1.05 bits per heavy atom. The number of carbonyl (C=O) groups is 3. The molecule has 0 aliphatic heterocycles. The summed E-state index contributed by atoms with van der Waals surface area (Å²) >= 11 is 0. The topological polar surface area (TPSA) is 181 Å². The van der Waals surface area contributed by atoms with Gasteiger partial charge in [0.25, 0.3) is 5.91 Å². The molecule has 0 unspecified atom stereocenters. The maximum atomic E-state index is 14.0. The number of benzene rings is 1. The molecule has 2 aromatic rings. The molecule has 4 atom stereocenters. The van der Waals surface area contributed by atoms with Crippen molar-refractivity contribution in [2.24, 2.45) is 17.6 Å². The first kappa shape index (κ1) is 30.5. The van der Waals surface area contributed by atoms with Gasteiger partial charge in [0, 0.05) is 30.1 Å². The van der Waals surface area contributed by atoms with Crippen LogP contribution in [0, 0.1) is 11.8 Å². The smallest absolute Gasteiger partial charge is 0.255 e. The van der Waals surface area contributed by atoms with Gasteiger partial charge in [0.05, 0.1) is 18.2 Å². The molecule has 12 heteroatoms. The number of likely N-dealkylation sites (N-methyl/N-ethyl adjacent to an activating group) is 3. The highest BCUT2D eigenvalue weighted by Crippen LogP contribution is 2.53. The van der Waals surface area contributed by atoms with Gasteiger partial charge in [-0.2, -0.15) is 0 Å². The fourth-order valence-corrected chi connectivity index (χ4v) is 6.80. The van der Waals surface area contributed by atoms with E-state index >= 15 is 0 Å². The number of aliphatic hydroxyl groups excluding tert-OH is 2. The minimum absolute atomic E-state index is 0.0148. The van der Waals surface area contributed by atoms with Crippen molar-refractivity contribution in [3.63, 3.8) is 0 Å². The number of amides is 1. The van der Waals surface area contributed by atoms with Crippen LogP contribution in [0.25, 0.3) is 11.3 Å². The van der Waals surface area contributed by atoms with Crippen LogP contribution in [0.15, 0.2) is 51.3 Å². The van der Waals surface area contributed by atoms with Gasteiger partial charge in [-0.3, -0.25) is 24.2 Å². The van der Waals surface area contributed by atoms with Crippen molar-refractivity contribution in [2.45, 2.75) is 31.0 Å². The summed E-state index contributed by atoms with van der Waals surface area (Å²) in [6.07, 6.45) is 0.192. The zero-order valence-corrected chi connectivity index (χ0v) is 24.9. The van der Waals surface area contributed by atoms with Gasteiger partial charge in [-0.1, -0.05) is 0 Å². The molecule has 43 heavy (non-hydrogen) atoms. The van der Waals surface area contributed by atoms with E-state index < -0.39 is 58.0 Å². The maximum Gasteiger partial charge on any atom is 0.255 e. The normalized spacial score (nSPS) is 25.5. The summed E-state index contributed by atoms with van der Waals surface area (Å²) in [6, 6.07) is 5.67. The highest BCUT2D eigenvalue weighted by molar-refractivity contribution is 6.24. The van der Waals surface area contributed by atoms with Crippen molar-refractivity contribution < 1.29 is 39.2 Å². The van der Waals surface area contributed by atoms with Crippen LogP contribution in [-0.2, 0) is 22.6 Å². The fraction of sp³-hybridized carbons (Fsp3) is 0.452. The van der Waals surface area contributed by atoms with E-state index in [1.54, 1.807) is 20.2 Å². The van der Waals surface area contributed by atoms with Crippen molar-refractivity contribution in [2.75, 3.05) is 48.3 Å². The average Bonchev–Trinajstić information content (AvgIpc) is 3.37. The number of hydrogen-bond acceptors (Lipinski definition) is 11. The van der Waals surface area contributed by atoms with Crippen LogP contribution < -0.4 is 5.73 Å². The molecular formula is C31H38N4O8. The SMILES string of the molecule is CN(C)CCN(C)Cc1ccc(-c2ccc(O)c3c2C[C@H]2C[C@H]4[C@H](N(C)C)C(O)=C(C(N)=O)C(=O)[C@@]4(O)C(O)=C2C3=O)o1. The van der Waals surface area contributed by atoms with E-state index in [1.165, 1.54) is 11.0 Å². The molecule has 6 N–H and O–H groups in total. The molecule has 0 saturated heterocycles. The summed E-state index contributed by atoms with van der Waals surface area (Å²) in [5.74, 6) is -5.60. The largest absolute Gasteiger partial charge is 0.510 e. The van der Waals surface area contributed by atoms with E-state index in [1.807, 2.05) is 33.3 Å². The van der Waals surface area contributed by atoms with Gasteiger partial charge < -0.3 is 35.5 Å². The monoisotopic (exact) mass is 594 g/mol. The number of aliphatic hydroxyl groups is 3. The van der Waals surface area contributed by atoms with Gasteiger partial charge >= 0.3 is 0 Å². The number of aromatic hydroxyl groups is 1. The van der Waals surface area contributed by atoms with E-state index in [9.17, 15) is 34.8 Å². The number of allylic oxidation sites excluding steroid dienone is 1. The Labute approximate surface area is 249 Å². The average molecular weight is 595 g/mol. The number of fused-ring (bicyclic) bond motifs is 3. The predicted molar refractivity (Wildman–Crippen MR) is 156 cm³/mol. The Morgan fingerprint density at radius 3 is 2.37 bits per heavy atom. The van der Waals surface area contributed by atoms with Gasteiger partial charge in [0.2, 0.25) is 5.78 Å². The van der Waals surface area contributed by atoms with Gasteiger partial charge in [0.15, 0.2) is 11.4 Å². The Kier molecular flexibility index (Phi) is 7.76. The summed E-state index contributed by atoms with van der Waals surface area (Å²) < 4.78 is 6.17. The van der Waals surface area contributed by atoms with Crippen LogP contribution in [0.3, 0.4) is 0 Å². The number of ketones is 2. The number of rotatable bonds is 8. The molecule has 0 saturated carbocycles. The number of carbonyl (C=O) groups excluding carboxylic acids is 3. The van der Waals surface area contributed by atoms with Crippen LogP contribution in [0.2, 0.25) is 0 Å². The maximum absolute atomic E-state index is 14.0. The molecule has 1 aromatic carbocycles. The Bertz CT molecular complexity index is 1570. The molecule has 3 aliphatic carbocycles. The summed E-state index contributed by atoms with van der Waals surface area (Å²) in [4.78, 5) is 45.3. The fourth-order valence-electron chi connectivity index (χ4n) is 6.80. The molecule has 0 fully saturated rings. The van der Waals surface area contributed by atoms with E-state index in [4.69, 9.17) is 10.2 Å². The summed E-state index contributed by atoms with van der Waals surface area (Å²) in [5.41, 5.74) is 2.74. The Hall–Kier alpha value is -3.97. The molecule has 230 valence electrons. The predicted octanol–water partition coefficient (Wildman–Crippen LogP) is 1.37. The van der Waals surface area contributed by atoms with Gasteiger partial charge in [0.1, 0.15) is 34.4 Å². The number of hydrogen-bond donors (Lipinski definition) is 5. The molecular weight excluding hydrogens is 556 g/mol. The highest BCUT2D eigenvalue weighted by Gasteiger charge is 2.63. The second-order valence-corrected chi connectivity index (χ2v) is 12.3. The number of Topliss-reactive ketones (excluding diaryl/α,β-unsaturated/α-hetero) is 2. The number of furan rings is 1. The molecule has 12 nitrogen and oxygen atoms in total. The molecule has 1 amide bonds. The lowest BCUT2D eigenvalue weighted by molar-refractivity contribution is -0.148. The first-order valence-electron chi connectivity index (χ1n) is 14.1. The minimum atomic E-state index is -2.67. The molecule has 1 heterocycles. The van der Waals surface area contributed by atoms with Crippen molar-refractivity contribution in [3.8, 4) is 17.1 Å². The van der Waals surface area contributed by atoms with Crippen LogP contribution in [0.5, 0.6) is 5.75 Å². The lowest BCUT2D eigenvalue weighted by atomic mass is 9.58. The number of phenolic OH excluding ortho intramolecular Hbond substituents is 1. The van der Waals surface area contributed by atoms with Crippen molar-refractivity contribution in [1.29, 1.82) is 0 Å². The summed E-state index contributed by atoms with van der Waals surface area (Å²) in [5, 5.41) is 45.0. The van der Waals surface area contributed by atoms with E-state index in [0.717, 1.165) is 18.8 Å². The quantitative estimate of drug-likeness (QED) is 0.279. The van der Waals surface area contributed by atoms with Crippen LogP contribution >= 0.6 is 0 Å². The van der Waals surface area contributed by atoms with Crippen molar-refractivity contribution >= 4 is 17.5 Å². The number of nitrogens with two attached hydrogens (primary N) is 1. The highest BCUT2D eigenvalue weighted by atomic mass is 16.4. The van der Waals surface area contributed by atoms with E-state index in [0.29, 0.717) is 23.4 Å². The third-order valence-electron chi connectivity index (χ3n) is 8.89. The zero-order valence-electron chi connectivity index (χ0n) is 24.9. The third kappa shape index (κ3) is 4.84. The standard InChI is InChI=1S/C31H38N4O8/c1-33(2)10-11-35(5)14-16-6-9-21(43-16)17-7-8-20(36)23-18(17)12-15-13-19-25(34(3)4)27(38)24(30(32)41)29(40)31(19,42)28(39)22(15)26(23)37/h6-9,15,19,25,36,38-39,42H,10-14H2,1-5H3,(H2,32,41)/t15-,19-,25-,31-/m0/s1. The molecule has 3 aliphatic rings. The summed E-state index contributed by atoms with van der Waals surface area (Å²) in [6.45, 7) is 2.29. The second-order valence-electron chi connectivity index (χ2n) is 12.3. The summed E-state index contributed by atoms with van der Waals surface area (Å²) in [7, 11) is 9.19. The van der Waals surface area contributed by atoms with Gasteiger partial charge in [-0.25, -0.2) is 0 Å². The van der Waals surface area contributed by atoms with Crippen molar-refractivity contribution in [1.82, 2.24) is 14.7 Å². The number of primary amides is 1. The van der Waals surface area contributed by atoms with E-state index in [-0.39, 0.29) is 29.7 Å². The van der Waals surface area contributed by atoms with Gasteiger partial charge in [-0.05, 0) is 83.8 Å². The van der Waals surface area contributed by atoms with Gasteiger partial charge in [-0.15, -0.1) is 0 Å². The lowest BCUT2D eigenvalue weighted by Gasteiger charge is -2.50.